The average molecular weight is 327 g/mol. The summed E-state index contributed by atoms with van der Waals surface area (Å²) in [5, 5.41) is 10.1. The number of likely N-dealkylation sites (N-methyl/N-ethyl adjacent to an activating group) is 1. The largest absolute Gasteiger partial charge is 0.479 e. The SMILES string of the molecule is CCN(C(=O)OC(C)(C)C)C1(C(=O)O)CC(C)(C)CC(C)(C)C1. The van der Waals surface area contributed by atoms with E-state index in [9.17, 15) is 14.7 Å². The molecule has 1 aliphatic rings. The van der Waals surface area contributed by atoms with Crippen molar-refractivity contribution in [3.8, 4) is 0 Å². The van der Waals surface area contributed by atoms with Crippen LogP contribution < -0.4 is 0 Å². The molecule has 0 saturated heterocycles. The first-order chi connectivity index (χ1) is 10.1. The lowest BCUT2D eigenvalue weighted by molar-refractivity contribution is -0.161. The van der Waals surface area contributed by atoms with E-state index >= 15 is 0 Å². The van der Waals surface area contributed by atoms with Gasteiger partial charge in [-0.15, -0.1) is 0 Å². The Kier molecular flexibility index (Phi) is 5.15. The van der Waals surface area contributed by atoms with Gasteiger partial charge in [0.15, 0.2) is 0 Å². The first kappa shape index (κ1) is 19.8. The number of hydrogen-bond donors (Lipinski definition) is 1. The third-order valence-electron chi connectivity index (χ3n) is 4.34. The molecule has 1 saturated carbocycles. The van der Waals surface area contributed by atoms with Gasteiger partial charge in [-0.05, 0) is 57.8 Å². The summed E-state index contributed by atoms with van der Waals surface area (Å²) in [4.78, 5) is 26.4. The average Bonchev–Trinajstić information content (AvgIpc) is 2.21. The van der Waals surface area contributed by atoms with Crippen molar-refractivity contribution in [2.75, 3.05) is 6.54 Å². The summed E-state index contributed by atoms with van der Waals surface area (Å²) in [7, 11) is 0. The fraction of sp³-hybridized carbons (Fsp3) is 0.889. The molecule has 5 nitrogen and oxygen atoms in total. The van der Waals surface area contributed by atoms with E-state index in [0.717, 1.165) is 6.42 Å². The highest BCUT2D eigenvalue weighted by Crippen LogP contribution is 2.52. The second kappa shape index (κ2) is 5.99. The summed E-state index contributed by atoms with van der Waals surface area (Å²) in [6.45, 7) is 15.8. The van der Waals surface area contributed by atoms with E-state index in [1.165, 1.54) is 4.90 Å². The quantitative estimate of drug-likeness (QED) is 0.839. The molecule has 5 heteroatoms. The molecule has 1 N–H and O–H groups in total. The Hall–Kier alpha value is -1.26. The van der Waals surface area contributed by atoms with Crippen LogP contribution in [0.2, 0.25) is 0 Å². The minimum Gasteiger partial charge on any atom is -0.479 e. The third-order valence-corrected chi connectivity index (χ3v) is 4.34. The molecule has 0 aromatic heterocycles. The Bertz CT molecular complexity index is 458. The van der Waals surface area contributed by atoms with Crippen molar-refractivity contribution in [2.24, 2.45) is 10.8 Å². The Morgan fingerprint density at radius 2 is 1.48 bits per heavy atom. The molecule has 23 heavy (non-hydrogen) atoms. The summed E-state index contributed by atoms with van der Waals surface area (Å²) < 4.78 is 5.48. The predicted molar refractivity (Wildman–Crippen MR) is 90.4 cm³/mol. The smallest absolute Gasteiger partial charge is 0.411 e. The second-order valence-corrected chi connectivity index (χ2v) is 9.42. The zero-order chi connectivity index (χ0) is 18.3. The summed E-state index contributed by atoms with van der Waals surface area (Å²) in [6, 6.07) is 0. The van der Waals surface area contributed by atoms with E-state index < -0.39 is 23.2 Å². The monoisotopic (exact) mass is 327 g/mol. The van der Waals surface area contributed by atoms with Crippen LogP contribution in [0.25, 0.3) is 0 Å². The van der Waals surface area contributed by atoms with Crippen LogP contribution in [0.1, 0.15) is 74.7 Å². The lowest BCUT2D eigenvalue weighted by atomic mass is 9.58. The summed E-state index contributed by atoms with van der Waals surface area (Å²) in [5.74, 6) is -0.939. The van der Waals surface area contributed by atoms with Crippen molar-refractivity contribution in [1.82, 2.24) is 4.90 Å². The molecule has 0 aromatic carbocycles. The topological polar surface area (TPSA) is 66.8 Å². The maximum absolute atomic E-state index is 12.7. The van der Waals surface area contributed by atoms with Crippen LogP contribution in [0.15, 0.2) is 0 Å². The van der Waals surface area contributed by atoms with Crippen molar-refractivity contribution in [3.05, 3.63) is 0 Å². The van der Waals surface area contributed by atoms with Gasteiger partial charge in [0.2, 0.25) is 0 Å². The van der Waals surface area contributed by atoms with Crippen molar-refractivity contribution in [1.29, 1.82) is 0 Å². The highest BCUT2D eigenvalue weighted by molar-refractivity contribution is 5.85. The van der Waals surface area contributed by atoms with Gasteiger partial charge in [-0.3, -0.25) is 4.90 Å². The van der Waals surface area contributed by atoms with Crippen LogP contribution in [0.4, 0.5) is 4.79 Å². The van der Waals surface area contributed by atoms with Crippen LogP contribution in [0, 0.1) is 10.8 Å². The maximum atomic E-state index is 12.7. The van der Waals surface area contributed by atoms with Gasteiger partial charge in [-0.25, -0.2) is 9.59 Å². The number of carbonyl (C=O) groups is 2. The third kappa shape index (κ3) is 4.61. The molecule has 134 valence electrons. The lowest BCUT2D eigenvalue weighted by Crippen LogP contribution is -2.63. The molecule has 0 aromatic rings. The fourth-order valence-electron chi connectivity index (χ4n) is 4.45. The van der Waals surface area contributed by atoms with Gasteiger partial charge in [0.25, 0.3) is 0 Å². The Morgan fingerprint density at radius 1 is 1.04 bits per heavy atom. The van der Waals surface area contributed by atoms with Gasteiger partial charge >= 0.3 is 12.1 Å². The molecular weight excluding hydrogens is 294 g/mol. The molecular formula is C18H33NO4. The zero-order valence-electron chi connectivity index (χ0n) is 15.9. The minimum absolute atomic E-state index is 0.157. The number of ether oxygens (including phenoxy) is 1. The van der Waals surface area contributed by atoms with Gasteiger partial charge in [-0.2, -0.15) is 0 Å². The standard InChI is InChI=1S/C18H33NO4/c1-9-19(14(22)23-15(2,3)4)18(13(20)21)11-16(5,6)10-17(7,8)12-18/h9-12H2,1-8H3,(H,20,21). The van der Waals surface area contributed by atoms with Crippen molar-refractivity contribution >= 4 is 12.1 Å². The molecule has 1 rings (SSSR count). The van der Waals surface area contributed by atoms with E-state index in [1.807, 2.05) is 6.92 Å². The normalized spacial score (nSPS) is 22.3. The number of nitrogens with zero attached hydrogens (tertiary/aromatic N) is 1. The van der Waals surface area contributed by atoms with E-state index in [0.29, 0.717) is 19.4 Å². The lowest BCUT2D eigenvalue weighted by Gasteiger charge is -2.53. The van der Waals surface area contributed by atoms with Crippen LogP contribution >= 0.6 is 0 Å². The van der Waals surface area contributed by atoms with Gasteiger partial charge in [0.1, 0.15) is 11.1 Å². The molecule has 0 heterocycles. The summed E-state index contributed by atoms with van der Waals surface area (Å²) in [6.07, 6.45) is 1.26. The number of aliphatic carboxylic acids is 1. The zero-order valence-corrected chi connectivity index (χ0v) is 15.9. The first-order valence-corrected chi connectivity index (χ1v) is 8.38. The molecule has 1 aliphatic carbocycles. The summed E-state index contributed by atoms with van der Waals surface area (Å²) in [5.41, 5.74) is -2.18. The van der Waals surface area contributed by atoms with E-state index in [4.69, 9.17) is 4.74 Å². The number of amides is 1. The number of carbonyl (C=O) groups excluding carboxylic acids is 1. The number of hydrogen-bond acceptors (Lipinski definition) is 3. The highest BCUT2D eigenvalue weighted by atomic mass is 16.6. The molecule has 1 fully saturated rings. The number of carboxylic acid groups (broad SMARTS) is 1. The Balaban J connectivity index is 3.31. The van der Waals surface area contributed by atoms with Crippen molar-refractivity contribution in [2.45, 2.75) is 85.8 Å². The van der Waals surface area contributed by atoms with Gasteiger partial charge in [0.05, 0.1) is 0 Å². The van der Waals surface area contributed by atoms with Gasteiger partial charge in [0, 0.05) is 6.54 Å². The molecule has 0 radical (unpaired) electrons. The Morgan fingerprint density at radius 3 is 1.78 bits per heavy atom. The molecule has 0 bridgehead atoms. The van der Waals surface area contributed by atoms with Crippen LogP contribution in [0.5, 0.6) is 0 Å². The Labute approximate surface area is 140 Å². The molecule has 1 amide bonds. The van der Waals surface area contributed by atoms with Crippen LogP contribution in [0.3, 0.4) is 0 Å². The van der Waals surface area contributed by atoms with Crippen LogP contribution in [-0.4, -0.2) is 39.8 Å². The highest BCUT2D eigenvalue weighted by Gasteiger charge is 2.56. The van der Waals surface area contributed by atoms with Gasteiger partial charge in [-0.1, -0.05) is 27.7 Å². The van der Waals surface area contributed by atoms with Gasteiger partial charge < -0.3 is 9.84 Å². The number of rotatable bonds is 3. The van der Waals surface area contributed by atoms with Crippen LogP contribution in [-0.2, 0) is 9.53 Å². The van der Waals surface area contributed by atoms with E-state index in [2.05, 4.69) is 27.7 Å². The number of carboxylic acids is 1. The minimum atomic E-state index is -1.22. The van der Waals surface area contributed by atoms with E-state index in [1.54, 1.807) is 20.8 Å². The van der Waals surface area contributed by atoms with E-state index in [-0.39, 0.29) is 10.8 Å². The second-order valence-electron chi connectivity index (χ2n) is 9.42. The fourth-order valence-corrected chi connectivity index (χ4v) is 4.45. The summed E-state index contributed by atoms with van der Waals surface area (Å²) >= 11 is 0. The predicted octanol–water partition coefficient (Wildman–Crippen LogP) is 4.30. The first-order valence-electron chi connectivity index (χ1n) is 8.38. The maximum Gasteiger partial charge on any atom is 0.411 e. The molecule has 0 aliphatic heterocycles. The van der Waals surface area contributed by atoms with Crippen molar-refractivity contribution < 1.29 is 19.4 Å². The molecule has 0 spiro atoms. The molecule has 0 unspecified atom stereocenters. The molecule has 0 atom stereocenters. The van der Waals surface area contributed by atoms with Crippen molar-refractivity contribution in [3.63, 3.8) is 0 Å².